The van der Waals surface area contributed by atoms with E-state index < -0.39 is 5.54 Å². The Morgan fingerprint density at radius 2 is 1.76 bits per heavy atom. The first-order valence-electron chi connectivity index (χ1n) is 8.62. The van der Waals surface area contributed by atoms with Gasteiger partial charge in [0.25, 0.3) is 0 Å². The molecule has 5 nitrogen and oxygen atoms in total. The normalized spacial score (nSPS) is 36.3. The third kappa shape index (κ3) is 3.41. The van der Waals surface area contributed by atoms with Crippen LogP contribution in [0.5, 0.6) is 0 Å². The van der Waals surface area contributed by atoms with Crippen molar-refractivity contribution >= 4 is 5.91 Å². The van der Waals surface area contributed by atoms with Gasteiger partial charge in [0.1, 0.15) is 0 Å². The van der Waals surface area contributed by atoms with Crippen LogP contribution >= 0.6 is 0 Å². The van der Waals surface area contributed by atoms with Crippen molar-refractivity contribution in [2.45, 2.75) is 56.5 Å². The number of piperidine rings is 1. The van der Waals surface area contributed by atoms with Crippen molar-refractivity contribution in [3.8, 4) is 0 Å². The summed E-state index contributed by atoms with van der Waals surface area (Å²) in [7, 11) is 0. The molecule has 3 aliphatic rings. The van der Waals surface area contributed by atoms with Gasteiger partial charge in [0.2, 0.25) is 5.91 Å². The molecule has 4 N–H and O–H groups in total. The minimum Gasteiger partial charge on any atom is -0.368 e. The lowest BCUT2D eigenvalue weighted by Crippen LogP contribution is -2.51. The minimum absolute atomic E-state index is 0.325. The van der Waals surface area contributed by atoms with E-state index in [2.05, 4.69) is 9.80 Å². The molecule has 5 heteroatoms. The quantitative estimate of drug-likeness (QED) is 0.793. The van der Waals surface area contributed by atoms with Crippen molar-refractivity contribution in [2.75, 3.05) is 32.7 Å². The molecule has 2 unspecified atom stereocenters. The van der Waals surface area contributed by atoms with Crippen molar-refractivity contribution in [3.05, 3.63) is 0 Å². The lowest BCUT2D eigenvalue weighted by Gasteiger charge is -2.37. The molecule has 0 aromatic heterocycles. The zero-order chi connectivity index (χ0) is 14.9. The highest BCUT2D eigenvalue weighted by Crippen LogP contribution is 2.33. The molecule has 0 aromatic rings. The van der Waals surface area contributed by atoms with Crippen LogP contribution < -0.4 is 11.5 Å². The van der Waals surface area contributed by atoms with Gasteiger partial charge < -0.3 is 21.3 Å². The molecule has 3 rings (SSSR count). The van der Waals surface area contributed by atoms with Crippen molar-refractivity contribution in [1.29, 1.82) is 0 Å². The number of nitrogens with zero attached hydrogens (tertiary/aromatic N) is 2. The van der Waals surface area contributed by atoms with Crippen LogP contribution in [-0.2, 0) is 4.79 Å². The van der Waals surface area contributed by atoms with Gasteiger partial charge in [0.15, 0.2) is 0 Å². The van der Waals surface area contributed by atoms with E-state index in [-0.39, 0.29) is 5.91 Å². The molecular weight excluding hydrogens is 264 g/mol. The Balaban J connectivity index is 1.44. The smallest absolute Gasteiger partial charge is 0.237 e. The van der Waals surface area contributed by atoms with Crippen LogP contribution in [-0.4, -0.2) is 60.0 Å². The van der Waals surface area contributed by atoms with Crippen LogP contribution in [0, 0.1) is 5.92 Å². The molecule has 1 aliphatic carbocycles. The standard InChI is InChI=1S/C16H30N4O/c17-15(21)16(18)6-3-14(11-16)20-9-4-13(5-10-20)12-19-7-1-2-8-19/h13-14H,1-12,18H2,(H2,17,21). The number of nitrogens with two attached hydrogens (primary N) is 2. The Bertz CT molecular complexity index is 374. The first-order chi connectivity index (χ1) is 10.1. The second kappa shape index (κ2) is 6.23. The number of primary amides is 1. The fourth-order valence-electron chi connectivity index (χ4n) is 4.42. The van der Waals surface area contributed by atoms with Gasteiger partial charge in [-0.25, -0.2) is 0 Å². The van der Waals surface area contributed by atoms with Crippen molar-refractivity contribution in [2.24, 2.45) is 17.4 Å². The van der Waals surface area contributed by atoms with E-state index in [1.54, 1.807) is 0 Å². The zero-order valence-corrected chi connectivity index (χ0v) is 13.1. The maximum absolute atomic E-state index is 11.5. The number of rotatable bonds is 4. The summed E-state index contributed by atoms with van der Waals surface area (Å²) in [5.74, 6) is 0.536. The molecule has 0 radical (unpaired) electrons. The van der Waals surface area contributed by atoms with Gasteiger partial charge in [-0.2, -0.15) is 0 Å². The largest absolute Gasteiger partial charge is 0.368 e. The van der Waals surface area contributed by atoms with E-state index in [0.29, 0.717) is 6.04 Å². The van der Waals surface area contributed by atoms with Gasteiger partial charge >= 0.3 is 0 Å². The summed E-state index contributed by atoms with van der Waals surface area (Å²) in [4.78, 5) is 16.7. The second-order valence-corrected chi connectivity index (χ2v) is 7.40. The van der Waals surface area contributed by atoms with E-state index in [1.165, 1.54) is 45.3 Å². The van der Waals surface area contributed by atoms with Crippen LogP contribution in [0.3, 0.4) is 0 Å². The fourth-order valence-corrected chi connectivity index (χ4v) is 4.42. The molecule has 2 atom stereocenters. The average Bonchev–Trinajstić information content (AvgIpc) is 3.10. The van der Waals surface area contributed by atoms with Gasteiger partial charge in [0, 0.05) is 12.6 Å². The summed E-state index contributed by atoms with van der Waals surface area (Å²) in [5.41, 5.74) is 10.8. The van der Waals surface area contributed by atoms with Gasteiger partial charge in [-0.15, -0.1) is 0 Å². The van der Waals surface area contributed by atoms with Gasteiger partial charge in [-0.05, 0) is 77.0 Å². The average molecular weight is 294 g/mol. The number of amides is 1. The second-order valence-electron chi connectivity index (χ2n) is 7.40. The molecule has 2 aliphatic heterocycles. The number of carbonyl (C=O) groups excluding carboxylic acids is 1. The van der Waals surface area contributed by atoms with Gasteiger partial charge in [-0.1, -0.05) is 0 Å². The van der Waals surface area contributed by atoms with Crippen LogP contribution in [0.2, 0.25) is 0 Å². The topological polar surface area (TPSA) is 75.6 Å². The molecule has 21 heavy (non-hydrogen) atoms. The summed E-state index contributed by atoms with van der Waals surface area (Å²) >= 11 is 0. The van der Waals surface area contributed by atoms with Crippen molar-refractivity contribution in [3.63, 3.8) is 0 Å². The highest BCUT2D eigenvalue weighted by molar-refractivity contribution is 5.84. The predicted octanol–water partition coefficient (Wildman–Crippen LogP) is 0.530. The molecule has 0 spiro atoms. The summed E-state index contributed by atoms with van der Waals surface area (Å²) in [6.07, 6.45) is 7.87. The summed E-state index contributed by atoms with van der Waals surface area (Å²) in [6, 6.07) is 0.468. The van der Waals surface area contributed by atoms with Crippen molar-refractivity contribution in [1.82, 2.24) is 9.80 Å². The zero-order valence-electron chi connectivity index (χ0n) is 13.1. The highest BCUT2D eigenvalue weighted by Gasteiger charge is 2.43. The van der Waals surface area contributed by atoms with Crippen LogP contribution in [0.4, 0.5) is 0 Å². The Morgan fingerprint density at radius 1 is 1.10 bits per heavy atom. The molecule has 0 aromatic carbocycles. The Hall–Kier alpha value is -0.650. The number of hydrogen-bond donors (Lipinski definition) is 2. The molecule has 0 bridgehead atoms. The van der Waals surface area contributed by atoms with Gasteiger partial charge in [0.05, 0.1) is 5.54 Å². The monoisotopic (exact) mass is 294 g/mol. The lowest BCUT2D eigenvalue weighted by atomic mass is 9.94. The molecule has 2 heterocycles. The Kier molecular flexibility index (Phi) is 4.52. The maximum atomic E-state index is 11.5. The van der Waals surface area contributed by atoms with Crippen LogP contribution in [0.15, 0.2) is 0 Å². The first kappa shape index (κ1) is 15.3. The Morgan fingerprint density at radius 3 is 2.33 bits per heavy atom. The summed E-state index contributed by atoms with van der Waals surface area (Å²) in [5, 5.41) is 0. The summed E-state index contributed by atoms with van der Waals surface area (Å²) in [6.45, 7) is 6.23. The lowest BCUT2D eigenvalue weighted by molar-refractivity contribution is -0.123. The number of carbonyl (C=O) groups is 1. The minimum atomic E-state index is -0.753. The molecule has 1 saturated carbocycles. The molecule has 1 amide bonds. The van der Waals surface area contributed by atoms with E-state index in [0.717, 1.165) is 38.3 Å². The Labute approximate surface area is 128 Å². The van der Waals surface area contributed by atoms with E-state index in [4.69, 9.17) is 11.5 Å². The molecular formula is C16H30N4O. The maximum Gasteiger partial charge on any atom is 0.237 e. The third-order valence-corrected chi connectivity index (χ3v) is 5.89. The SMILES string of the molecule is NC(=O)C1(N)CCC(N2CCC(CN3CCCC3)CC2)C1. The molecule has 120 valence electrons. The van der Waals surface area contributed by atoms with Crippen LogP contribution in [0.25, 0.3) is 0 Å². The van der Waals surface area contributed by atoms with Gasteiger partial charge in [-0.3, -0.25) is 4.79 Å². The van der Waals surface area contributed by atoms with E-state index >= 15 is 0 Å². The van der Waals surface area contributed by atoms with E-state index in [9.17, 15) is 4.79 Å². The third-order valence-electron chi connectivity index (χ3n) is 5.89. The summed E-state index contributed by atoms with van der Waals surface area (Å²) < 4.78 is 0. The van der Waals surface area contributed by atoms with Crippen molar-refractivity contribution < 1.29 is 4.79 Å². The number of likely N-dealkylation sites (tertiary alicyclic amines) is 2. The molecule has 2 saturated heterocycles. The van der Waals surface area contributed by atoms with Crippen LogP contribution in [0.1, 0.15) is 44.9 Å². The van der Waals surface area contributed by atoms with E-state index in [1.807, 2.05) is 0 Å². The first-order valence-corrected chi connectivity index (χ1v) is 8.62. The highest BCUT2D eigenvalue weighted by atomic mass is 16.1. The fraction of sp³-hybridized carbons (Fsp3) is 0.938. The molecule has 3 fully saturated rings. The number of hydrogen-bond acceptors (Lipinski definition) is 4. The predicted molar refractivity (Wildman–Crippen MR) is 83.7 cm³/mol.